The largest absolute Gasteiger partial charge is 0.313 e. The Labute approximate surface area is 121 Å². The third-order valence-corrected chi connectivity index (χ3v) is 4.42. The van der Waals surface area contributed by atoms with E-state index in [-0.39, 0.29) is 10.6 Å². The zero-order valence-corrected chi connectivity index (χ0v) is 13.5. The molecule has 1 rings (SSSR count). The lowest BCUT2D eigenvalue weighted by atomic mass is 10.0. The van der Waals surface area contributed by atoms with Crippen LogP contribution in [0, 0.1) is 12.7 Å². The molecule has 0 heterocycles. The second-order valence-electron chi connectivity index (χ2n) is 5.95. The number of hydrogen-bond acceptors (Lipinski definition) is 2. The van der Waals surface area contributed by atoms with Gasteiger partial charge in [0.15, 0.2) is 0 Å². The Morgan fingerprint density at radius 2 is 2.00 bits per heavy atom. The molecule has 0 aliphatic rings. The summed E-state index contributed by atoms with van der Waals surface area (Å²) in [6, 6.07) is 5.46. The maximum Gasteiger partial charge on any atom is 0.123 e. The molecule has 0 fully saturated rings. The zero-order valence-electron chi connectivity index (χ0n) is 12.7. The smallest absolute Gasteiger partial charge is 0.123 e. The van der Waals surface area contributed by atoms with E-state index in [0.717, 1.165) is 24.3 Å². The van der Waals surface area contributed by atoms with Crippen LogP contribution in [0.1, 0.15) is 38.8 Å². The maximum atomic E-state index is 13.3. The molecule has 0 spiro atoms. The van der Waals surface area contributed by atoms with Gasteiger partial charge in [0.05, 0.1) is 0 Å². The molecule has 0 aliphatic heterocycles. The molecule has 19 heavy (non-hydrogen) atoms. The van der Waals surface area contributed by atoms with E-state index in [9.17, 15) is 4.39 Å². The van der Waals surface area contributed by atoms with Gasteiger partial charge in [-0.3, -0.25) is 0 Å². The summed E-state index contributed by atoms with van der Waals surface area (Å²) in [6.45, 7) is 11.8. The second-order valence-corrected chi connectivity index (χ2v) is 7.80. The van der Waals surface area contributed by atoms with Crippen LogP contribution in [-0.2, 0) is 6.42 Å². The molecule has 0 aliphatic carbocycles. The fourth-order valence-electron chi connectivity index (χ4n) is 1.95. The highest BCUT2D eigenvalue weighted by atomic mass is 32.2. The Bertz CT molecular complexity index is 398. The molecular weight excluding hydrogens is 257 g/mol. The van der Waals surface area contributed by atoms with E-state index in [1.165, 1.54) is 11.6 Å². The normalized spacial score (nSPS) is 13.6. The van der Waals surface area contributed by atoms with Crippen molar-refractivity contribution in [2.24, 2.45) is 0 Å². The lowest BCUT2D eigenvalue weighted by molar-refractivity contribution is 0.565. The average Bonchev–Trinajstić information content (AvgIpc) is 2.30. The zero-order chi connectivity index (χ0) is 14.5. The summed E-state index contributed by atoms with van der Waals surface area (Å²) in [5.41, 5.74) is 2.28. The first kappa shape index (κ1) is 16.5. The van der Waals surface area contributed by atoms with Gasteiger partial charge in [0.2, 0.25) is 0 Å². The lowest BCUT2D eigenvalue weighted by Crippen LogP contribution is -2.34. The molecule has 1 atom stereocenters. The van der Waals surface area contributed by atoms with Crippen molar-refractivity contribution >= 4 is 11.8 Å². The summed E-state index contributed by atoms with van der Waals surface area (Å²) < 4.78 is 13.6. The number of thioether (sulfide) groups is 1. The summed E-state index contributed by atoms with van der Waals surface area (Å²) in [4.78, 5) is 0. The Hall–Kier alpha value is -0.540. The van der Waals surface area contributed by atoms with Crippen molar-refractivity contribution < 1.29 is 4.39 Å². The summed E-state index contributed by atoms with van der Waals surface area (Å²) >= 11 is 1.95. The van der Waals surface area contributed by atoms with Gasteiger partial charge in [-0.1, -0.05) is 33.8 Å². The molecule has 0 aromatic heterocycles. The fourth-order valence-corrected chi connectivity index (χ4v) is 2.89. The SMILES string of the molecule is CCNC(CSC(C)(C)C)Cc1cc(F)ccc1C. The van der Waals surface area contributed by atoms with Crippen LogP contribution in [0.2, 0.25) is 0 Å². The van der Waals surface area contributed by atoms with Crippen molar-refractivity contribution in [3.8, 4) is 0 Å². The first-order valence-electron chi connectivity index (χ1n) is 6.94. The highest BCUT2D eigenvalue weighted by molar-refractivity contribution is 8.00. The van der Waals surface area contributed by atoms with Crippen molar-refractivity contribution in [2.45, 2.75) is 51.8 Å². The third kappa shape index (κ3) is 6.44. The summed E-state index contributed by atoms with van der Waals surface area (Å²) in [6.07, 6.45) is 0.889. The molecule has 1 N–H and O–H groups in total. The van der Waals surface area contributed by atoms with Crippen LogP contribution < -0.4 is 5.32 Å². The van der Waals surface area contributed by atoms with Gasteiger partial charge in [0, 0.05) is 16.5 Å². The van der Waals surface area contributed by atoms with Crippen molar-refractivity contribution in [1.29, 1.82) is 0 Å². The van der Waals surface area contributed by atoms with E-state index in [2.05, 4.69) is 39.9 Å². The minimum atomic E-state index is -0.140. The number of rotatable bonds is 6. The molecule has 1 aromatic carbocycles. The number of hydrogen-bond donors (Lipinski definition) is 1. The molecule has 1 unspecified atom stereocenters. The first-order valence-corrected chi connectivity index (χ1v) is 7.92. The molecule has 0 bridgehead atoms. The van der Waals surface area contributed by atoms with Crippen LogP contribution >= 0.6 is 11.8 Å². The number of nitrogens with one attached hydrogen (secondary N) is 1. The van der Waals surface area contributed by atoms with E-state index in [4.69, 9.17) is 0 Å². The van der Waals surface area contributed by atoms with Gasteiger partial charge in [-0.2, -0.15) is 11.8 Å². The minimum Gasteiger partial charge on any atom is -0.313 e. The summed E-state index contributed by atoms with van der Waals surface area (Å²) in [5.74, 6) is 0.909. The van der Waals surface area contributed by atoms with Gasteiger partial charge >= 0.3 is 0 Å². The predicted molar refractivity (Wildman–Crippen MR) is 84.5 cm³/mol. The van der Waals surface area contributed by atoms with Crippen LogP contribution in [0.15, 0.2) is 18.2 Å². The Morgan fingerprint density at radius 3 is 2.58 bits per heavy atom. The monoisotopic (exact) mass is 283 g/mol. The Kier molecular flexibility index (Phi) is 6.34. The topological polar surface area (TPSA) is 12.0 Å². The van der Waals surface area contributed by atoms with Crippen LogP contribution in [0.5, 0.6) is 0 Å². The minimum absolute atomic E-state index is 0.140. The standard InChI is InChI=1S/C16H26FNS/c1-6-18-15(11-19-16(3,4)5)10-13-9-14(17)8-7-12(13)2/h7-9,15,18H,6,10-11H2,1-5H3. The second kappa shape index (κ2) is 7.30. The van der Waals surface area contributed by atoms with E-state index in [1.807, 2.05) is 17.8 Å². The van der Waals surface area contributed by atoms with E-state index in [0.29, 0.717) is 6.04 Å². The Balaban J connectivity index is 2.69. The highest BCUT2D eigenvalue weighted by Gasteiger charge is 2.16. The van der Waals surface area contributed by atoms with Gasteiger partial charge in [0.25, 0.3) is 0 Å². The van der Waals surface area contributed by atoms with E-state index >= 15 is 0 Å². The van der Waals surface area contributed by atoms with Crippen molar-refractivity contribution in [1.82, 2.24) is 5.32 Å². The molecular formula is C16H26FNS. The molecule has 0 radical (unpaired) electrons. The van der Waals surface area contributed by atoms with Crippen molar-refractivity contribution in [3.05, 3.63) is 35.1 Å². The fraction of sp³-hybridized carbons (Fsp3) is 0.625. The number of benzene rings is 1. The van der Waals surface area contributed by atoms with Crippen molar-refractivity contribution in [3.63, 3.8) is 0 Å². The van der Waals surface area contributed by atoms with Crippen LogP contribution in [0.4, 0.5) is 4.39 Å². The summed E-state index contributed by atoms with van der Waals surface area (Å²) in [5, 5.41) is 3.51. The molecule has 0 saturated heterocycles. The van der Waals surface area contributed by atoms with Gasteiger partial charge in [-0.25, -0.2) is 4.39 Å². The maximum absolute atomic E-state index is 13.3. The molecule has 0 amide bonds. The average molecular weight is 283 g/mol. The molecule has 1 nitrogen and oxygen atoms in total. The number of halogens is 1. The predicted octanol–water partition coefficient (Wildman–Crippen LogP) is 4.19. The van der Waals surface area contributed by atoms with E-state index < -0.39 is 0 Å². The third-order valence-electron chi connectivity index (χ3n) is 2.99. The van der Waals surface area contributed by atoms with Crippen LogP contribution in [0.25, 0.3) is 0 Å². The lowest BCUT2D eigenvalue weighted by Gasteiger charge is -2.24. The van der Waals surface area contributed by atoms with E-state index in [1.54, 1.807) is 6.07 Å². The quantitative estimate of drug-likeness (QED) is 0.840. The molecule has 3 heteroatoms. The van der Waals surface area contributed by atoms with Crippen LogP contribution in [-0.4, -0.2) is 23.1 Å². The highest BCUT2D eigenvalue weighted by Crippen LogP contribution is 2.25. The Morgan fingerprint density at radius 1 is 1.32 bits per heavy atom. The first-order chi connectivity index (χ1) is 8.81. The van der Waals surface area contributed by atoms with Gasteiger partial charge in [0.1, 0.15) is 5.82 Å². The van der Waals surface area contributed by atoms with Gasteiger partial charge in [-0.15, -0.1) is 0 Å². The van der Waals surface area contributed by atoms with Gasteiger partial charge < -0.3 is 5.32 Å². The number of likely N-dealkylation sites (N-methyl/N-ethyl adjacent to an activating group) is 1. The van der Waals surface area contributed by atoms with Crippen LogP contribution in [0.3, 0.4) is 0 Å². The van der Waals surface area contributed by atoms with Gasteiger partial charge in [-0.05, 0) is 43.1 Å². The molecule has 0 saturated carbocycles. The number of aryl methyl sites for hydroxylation is 1. The molecule has 108 valence electrons. The molecule has 1 aromatic rings. The summed E-state index contributed by atoms with van der Waals surface area (Å²) in [7, 11) is 0. The van der Waals surface area contributed by atoms with Crippen molar-refractivity contribution in [2.75, 3.05) is 12.3 Å².